The normalized spacial score (nSPS) is 43.4. The van der Waals surface area contributed by atoms with E-state index in [-0.39, 0.29) is 17.9 Å². The van der Waals surface area contributed by atoms with Crippen molar-refractivity contribution in [3.8, 4) is 6.07 Å². The number of nitrogens with zero attached hydrogens (tertiary/aromatic N) is 1. The van der Waals surface area contributed by atoms with Crippen LogP contribution in [0.15, 0.2) is 0 Å². The summed E-state index contributed by atoms with van der Waals surface area (Å²) in [6.07, 6.45) is 0.875. The van der Waals surface area contributed by atoms with Crippen LogP contribution in [0, 0.1) is 22.7 Å². The minimum absolute atomic E-state index is 0.171. The van der Waals surface area contributed by atoms with E-state index in [0.29, 0.717) is 0 Å². The molecule has 0 saturated heterocycles. The third-order valence-corrected chi connectivity index (χ3v) is 1.89. The molecule has 0 aliphatic heterocycles. The van der Waals surface area contributed by atoms with Gasteiger partial charge in [0.05, 0.1) is 11.5 Å². The van der Waals surface area contributed by atoms with Gasteiger partial charge in [-0.3, -0.25) is 0 Å². The number of nitriles is 1. The first-order chi connectivity index (χ1) is 3.73. The summed E-state index contributed by atoms with van der Waals surface area (Å²) in [6.45, 7) is 2.05. The Morgan fingerprint density at radius 2 is 2.62 bits per heavy atom. The molecule has 1 saturated carbocycles. The van der Waals surface area contributed by atoms with Crippen LogP contribution in [0.3, 0.4) is 0 Å². The minimum atomic E-state index is -0.186. The zero-order valence-corrected chi connectivity index (χ0v) is 4.89. The Morgan fingerprint density at radius 1 is 2.00 bits per heavy atom. The van der Waals surface area contributed by atoms with E-state index >= 15 is 0 Å². The van der Waals surface area contributed by atoms with Crippen molar-refractivity contribution in [2.24, 2.45) is 11.3 Å². The number of hydrogen-bond donors (Lipinski definition) is 1. The van der Waals surface area contributed by atoms with Gasteiger partial charge >= 0.3 is 0 Å². The molecule has 0 unspecified atom stereocenters. The van der Waals surface area contributed by atoms with Gasteiger partial charge in [0, 0.05) is 12.5 Å². The summed E-state index contributed by atoms with van der Waals surface area (Å²) in [7, 11) is 0. The van der Waals surface area contributed by atoms with Crippen molar-refractivity contribution in [2.75, 3.05) is 6.61 Å². The molecule has 0 spiro atoms. The second kappa shape index (κ2) is 1.46. The molecule has 1 aliphatic rings. The molecule has 1 N–H and O–H groups in total. The van der Waals surface area contributed by atoms with Crippen LogP contribution in [-0.2, 0) is 0 Å². The molecule has 0 aromatic carbocycles. The summed E-state index contributed by atoms with van der Waals surface area (Å²) in [5.41, 5.74) is -0.186. The summed E-state index contributed by atoms with van der Waals surface area (Å²) in [5, 5.41) is 16.9. The molecule has 0 radical (unpaired) electrons. The van der Waals surface area contributed by atoms with Gasteiger partial charge in [0.25, 0.3) is 0 Å². The molecule has 44 valence electrons. The average molecular weight is 111 g/mol. The van der Waals surface area contributed by atoms with Crippen LogP contribution in [0.4, 0.5) is 0 Å². The fourth-order valence-corrected chi connectivity index (χ4v) is 0.856. The molecule has 0 aromatic rings. The van der Waals surface area contributed by atoms with Gasteiger partial charge in [-0.1, -0.05) is 0 Å². The van der Waals surface area contributed by atoms with Crippen molar-refractivity contribution >= 4 is 0 Å². The summed E-state index contributed by atoms with van der Waals surface area (Å²) in [6, 6.07) is 2.16. The molecule has 0 amide bonds. The SMILES string of the molecule is C[C@]1(C#N)C[C@H]1CO. The third kappa shape index (κ3) is 0.597. The number of hydrogen-bond acceptors (Lipinski definition) is 2. The van der Waals surface area contributed by atoms with Gasteiger partial charge in [-0.25, -0.2) is 0 Å². The van der Waals surface area contributed by atoms with Crippen LogP contribution < -0.4 is 0 Å². The lowest BCUT2D eigenvalue weighted by Gasteiger charge is -1.92. The predicted octanol–water partition coefficient (Wildman–Crippen LogP) is 0.528. The van der Waals surface area contributed by atoms with Gasteiger partial charge in [-0.2, -0.15) is 5.26 Å². The van der Waals surface area contributed by atoms with E-state index in [9.17, 15) is 0 Å². The molecule has 1 fully saturated rings. The van der Waals surface area contributed by atoms with E-state index in [1.807, 2.05) is 6.92 Å². The fraction of sp³-hybridized carbons (Fsp3) is 0.833. The monoisotopic (exact) mass is 111 g/mol. The van der Waals surface area contributed by atoms with Crippen molar-refractivity contribution in [3.63, 3.8) is 0 Å². The van der Waals surface area contributed by atoms with Gasteiger partial charge in [0.2, 0.25) is 0 Å². The first kappa shape index (κ1) is 5.58. The molecule has 0 heterocycles. The first-order valence-electron chi connectivity index (χ1n) is 2.75. The minimum Gasteiger partial charge on any atom is -0.396 e. The highest BCUT2D eigenvalue weighted by Crippen LogP contribution is 2.50. The van der Waals surface area contributed by atoms with E-state index in [1.54, 1.807) is 0 Å². The van der Waals surface area contributed by atoms with E-state index in [2.05, 4.69) is 6.07 Å². The van der Waals surface area contributed by atoms with Gasteiger partial charge < -0.3 is 5.11 Å². The van der Waals surface area contributed by atoms with Crippen LogP contribution in [0.5, 0.6) is 0 Å². The van der Waals surface area contributed by atoms with Crippen LogP contribution >= 0.6 is 0 Å². The molecule has 1 aliphatic carbocycles. The number of aliphatic hydroxyl groups is 1. The van der Waals surface area contributed by atoms with E-state index < -0.39 is 0 Å². The summed E-state index contributed by atoms with van der Waals surface area (Å²) in [4.78, 5) is 0. The molecular weight excluding hydrogens is 102 g/mol. The second-order valence-electron chi connectivity index (χ2n) is 2.61. The zero-order valence-electron chi connectivity index (χ0n) is 4.89. The van der Waals surface area contributed by atoms with Crippen molar-refractivity contribution in [1.82, 2.24) is 0 Å². The predicted molar refractivity (Wildman–Crippen MR) is 28.9 cm³/mol. The molecule has 0 bridgehead atoms. The third-order valence-electron chi connectivity index (χ3n) is 1.89. The van der Waals surface area contributed by atoms with E-state index in [0.717, 1.165) is 6.42 Å². The Kier molecular flexibility index (Phi) is 1.02. The van der Waals surface area contributed by atoms with Crippen molar-refractivity contribution in [3.05, 3.63) is 0 Å². The Labute approximate surface area is 48.7 Å². The lowest BCUT2D eigenvalue weighted by atomic mass is 10.1. The summed E-state index contributed by atoms with van der Waals surface area (Å²) >= 11 is 0. The van der Waals surface area contributed by atoms with Crippen LogP contribution in [-0.4, -0.2) is 11.7 Å². The maximum atomic E-state index is 8.52. The fourth-order valence-electron chi connectivity index (χ4n) is 0.856. The molecule has 1 rings (SSSR count). The van der Waals surface area contributed by atoms with Crippen molar-refractivity contribution in [1.29, 1.82) is 5.26 Å². The molecule has 2 heteroatoms. The summed E-state index contributed by atoms with van der Waals surface area (Å²) < 4.78 is 0. The topological polar surface area (TPSA) is 44.0 Å². The van der Waals surface area contributed by atoms with Gasteiger partial charge in [0.1, 0.15) is 0 Å². The molecule has 2 atom stereocenters. The second-order valence-corrected chi connectivity index (χ2v) is 2.61. The highest BCUT2D eigenvalue weighted by molar-refractivity contribution is 5.12. The van der Waals surface area contributed by atoms with Gasteiger partial charge in [0.15, 0.2) is 0 Å². The maximum absolute atomic E-state index is 8.52. The molecule has 0 aromatic heterocycles. The highest BCUT2D eigenvalue weighted by atomic mass is 16.3. The van der Waals surface area contributed by atoms with Gasteiger partial charge in [-0.15, -0.1) is 0 Å². The van der Waals surface area contributed by atoms with E-state index in [1.165, 1.54) is 0 Å². The highest BCUT2D eigenvalue weighted by Gasteiger charge is 2.49. The lowest BCUT2D eigenvalue weighted by molar-refractivity contribution is 0.263. The number of aliphatic hydroxyl groups excluding tert-OH is 1. The molecule has 2 nitrogen and oxygen atoms in total. The lowest BCUT2D eigenvalue weighted by Crippen LogP contribution is -1.96. The number of rotatable bonds is 1. The van der Waals surface area contributed by atoms with Crippen LogP contribution in [0.1, 0.15) is 13.3 Å². The standard InChI is InChI=1S/C6H9NO/c1-6(4-7)2-5(6)3-8/h5,8H,2-3H2,1H3/t5-,6+/m0/s1. The van der Waals surface area contributed by atoms with Crippen LogP contribution in [0.25, 0.3) is 0 Å². The van der Waals surface area contributed by atoms with Gasteiger partial charge in [-0.05, 0) is 13.3 Å². The Hall–Kier alpha value is -0.550. The zero-order chi connectivity index (χ0) is 6.20. The van der Waals surface area contributed by atoms with Crippen molar-refractivity contribution < 1.29 is 5.11 Å². The summed E-state index contributed by atoms with van der Waals surface area (Å²) in [5.74, 6) is 0.257. The quantitative estimate of drug-likeness (QED) is 0.536. The molecule has 8 heavy (non-hydrogen) atoms. The first-order valence-corrected chi connectivity index (χ1v) is 2.75. The largest absolute Gasteiger partial charge is 0.396 e. The van der Waals surface area contributed by atoms with Crippen LogP contribution in [0.2, 0.25) is 0 Å². The Balaban J connectivity index is 2.46. The van der Waals surface area contributed by atoms with Crippen molar-refractivity contribution in [2.45, 2.75) is 13.3 Å². The average Bonchev–Trinajstić information content (AvgIpc) is 2.44. The maximum Gasteiger partial charge on any atom is 0.0690 e. The molecular formula is C6H9NO. The Morgan fingerprint density at radius 3 is 2.75 bits per heavy atom. The smallest absolute Gasteiger partial charge is 0.0690 e. The van der Waals surface area contributed by atoms with E-state index in [4.69, 9.17) is 10.4 Å². The Bertz CT molecular complexity index is 138.